The van der Waals surface area contributed by atoms with Gasteiger partial charge in [0, 0.05) is 5.41 Å². The lowest BCUT2D eigenvalue weighted by atomic mass is 9.47. The number of carbonyl (C=O) groups excluding carboxylic acids is 1. The lowest BCUT2D eigenvalue weighted by molar-refractivity contribution is -0.129. The Morgan fingerprint density at radius 3 is 2.71 bits per heavy atom. The van der Waals surface area contributed by atoms with Gasteiger partial charge in [-0.1, -0.05) is 38.5 Å². The number of fused-ring (bicyclic) bond motifs is 5. The van der Waals surface area contributed by atoms with Crippen molar-refractivity contribution >= 4 is 5.78 Å². The van der Waals surface area contributed by atoms with Crippen LogP contribution in [0.5, 0.6) is 0 Å². The first-order chi connectivity index (χ1) is 9.95. The minimum absolute atomic E-state index is 0.0785. The lowest BCUT2D eigenvalue weighted by Gasteiger charge is -2.56. The monoisotopic (exact) mass is 284 g/mol. The van der Waals surface area contributed by atoms with Crippen molar-refractivity contribution in [2.75, 3.05) is 0 Å². The van der Waals surface area contributed by atoms with Crippen molar-refractivity contribution in [2.45, 2.75) is 59.3 Å². The molecule has 0 radical (unpaired) electrons. The van der Waals surface area contributed by atoms with Crippen molar-refractivity contribution in [3.05, 3.63) is 23.8 Å². The summed E-state index contributed by atoms with van der Waals surface area (Å²) in [6.07, 6.45) is 14.3. The SMILES string of the molecule is CC1CC[C@@]2(C)C(=CCC3C2CC[C@]2(C)C(=O)C=CC32)C1. The Labute approximate surface area is 128 Å². The maximum atomic E-state index is 12.3. The van der Waals surface area contributed by atoms with Crippen molar-refractivity contribution in [3.63, 3.8) is 0 Å². The van der Waals surface area contributed by atoms with Crippen molar-refractivity contribution < 1.29 is 4.79 Å². The molecule has 0 aromatic heterocycles. The molecule has 0 aliphatic heterocycles. The zero-order valence-corrected chi connectivity index (χ0v) is 13.7. The summed E-state index contributed by atoms with van der Waals surface area (Å²) in [6, 6.07) is 0. The molecule has 2 saturated carbocycles. The highest BCUT2D eigenvalue weighted by atomic mass is 16.1. The number of rotatable bonds is 0. The Morgan fingerprint density at radius 1 is 1.14 bits per heavy atom. The van der Waals surface area contributed by atoms with Crippen LogP contribution in [0.2, 0.25) is 0 Å². The van der Waals surface area contributed by atoms with Crippen molar-refractivity contribution in [1.29, 1.82) is 0 Å². The zero-order valence-electron chi connectivity index (χ0n) is 13.7. The fourth-order valence-corrected chi connectivity index (χ4v) is 6.12. The molecule has 4 unspecified atom stereocenters. The first-order valence-corrected chi connectivity index (χ1v) is 8.87. The molecular weight excluding hydrogens is 256 g/mol. The fraction of sp³-hybridized carbons (Fsp3) is 0.750. The Kier molecular flexibility index (Phi) is 2.85. The molecule has 1 nitrogen and oxygen atoms in total. The molecule has 4 aliphatic rings. The van der Waals surface area contributed by atoms with Crippen molar-refractivity contribution in [2.24, 2.45) is 34.5 Å². The second-order valence-corrected chi connectivity index (χ2v) is 8.71. The summed E-state index contributed by atoms with van der Waals surface area (Å²) in [7, 11) is 0. The number of hydrogen-bond donors (Lipinski definition) is 0. The molecule has 21 heavy (non-hydrogen) atoms. The third-order valence-corrected chi connectivity index (χ3v) is 7.62. The van der Waals surface area contributed by atoms with E-state index in [4.69, 9.17) is 0 Å². The van der Waals surface area contributed by atoms with Crippen LogP contribution < -0.4 is 0 Å². The summed E-state index contributed by atoms with van der Waals surface area (Å²) in [5.74, 6) is 3.26. The Hall–Kier alpha value is -0.850. The molecule has 4 aliphatic carbocycles. The molecule has 0 saturated heterocycles. The molecular formula is C20H28O. The van der Waals surface area contributed by atoms with Crippen LogP contribution >= 0.6 is 0 Å². The first kappa shape index (κ1) is 13.8. The average Bonchev–Trinajstić information content (AvgIpc) is 2.76. The van der Waals surface area contributed by atoms with E-state index in [9.17, 15) is 4.79 Å². The van der Waals surface area contributed by atoms with Crippen LogP contribution in [0.25, 0.3) is 0 Å². The van der Waals surface area contributed by atoms with E-state index in [1.165, 1.54) is 32.1 Å². The van der Waals surface area contributed by atoms with Gasteiger partial charge in [0.05, 0.1) is 0 Å². The van der Waals surface area contributed by atoms with Gasteiger partial charge in [-0.3, -0.25) is 4.79 Å². The predicted octanol–water partition coefficient (Wildman–Crippen LogP) is 4.93. The molecule has 1 heteroatoms. The van der Waals surface area contributed by atoms with E-state index in [-0.39, 0.29) is 5.41 Å². The van der Waals surface area contributed by atoms with Gasteiger partial charge in [0.25, 0.3) is 0 Å². The number of ketones is 1. The van der Waals surface area contributed by atoms with Crippen LogP contribution in [0.15, 0.2) is 23.8 Å². The molecule has 0 aromatic rings. The average molecular weight is 284 g/mol. The molecule has 4 rings (SSSR count). The van der Waals surface area contributed by atoms with Gasteiger partial charge in [-0.05, 0) is 73.7 Å². The van der Waals surface area contributed by atoms with Crippen LogP contribution in [0.3, 0.4) is 0 Å². The highest BCUT2D eigenvalue weighted by Crippen LogP contribution is 2.63. The van der Waals surface area contributed by atoms with Crippen LogP contribution in [0.1, 0.15) is 59.3 Å². The van der Waals surface area contributed by atoms with E-state index in [1.54, 1.807) is 5.57 Å². The molecule has 0 N–H and O–H groups in total. The van der Waals surface area contributed by atoms with E-state index in [0.717, 1.165) is 18.3 Å². The molecule has 0 spiro atoms. The van der Waals surface area contributed by atoms with Gasteiger partial charge in [-0.15, -0.1) is 0 Å². The largest absolute Gasteiger partial charge is 0.294 e. The number of hydrogen-bond acceptors (Lipinski definition) is 1. The molecule has 6 atom stereocenters. The Bertz CT molecular complexity index is 542. The van der Waals surface area contributed by atoms with E-state index >= 15 is 0 Å². The molecule has 0 bridgehead atoms. The summed E-state index contributed by atoms with van der Waals surface area (Å²) in [6.45, 7) is 7.16. The van der Waals surface area contributed by atoms with Crippen LogP contribution in [-0.4, -0.2) is 5.78 Å². The minimum Gasteiger partial charge on any atom is -0.294 e. The summed E-state index contributed by atoms with van der Waals surface area (Å²) in [5.41, 5.74) is 2.10. The smallest absolute Gasteiger partial charge is 0.161 e. The van der Waals surface area contributed by atoms with Crippen LogP contribution in [0, 0.1) is 34.5 Å². The molecule has 0 amide bonds. The van der Waals surface area contributed by atoms with Gasteiger partial charge in [0.15, 0.2) is 5.78 Å². The Morgan fingerprint density at radius 2 is 1.90 bits per heavy atom. The summed E-state index contributed by atoms with van der Waals surface area (Å²) < 4.78 is 0. The molecule has 2 fully saturated rings. The normalized spacial score (nSPS) is 52.0. The van der Waals surface area contributed by atoms with Crippen LogP contribution in [0.4, 0.5) is 0 Å². The summed E-state index contributed by atoms with van der Waals surface area (Å²) >= 11 is 0. The molecule has 114 valence electrons. The highest BCUT2D eigenvalue weighted by molar-refractivity contribution is 5.97. The maximum Gasteiger partial charge on any atom is 0.161 e. The van der Waals surface area contributed by atoms with Gasteiger partial charge in [-0.25, -0.2) is 0 Å². The van der Waals surface area contributed by atoms with Gasteiger partial charge in [-0.2, -0.15) is 0 Å². The van der Waals surface area contributed by atoms with Gasteiger partial charge in [0.2, 0.25) is 0 Å². The second-order valence-electron chi connectivity index (χ2n) is 8.71. The highest BCUT2D eigenvalue weighted by Gasteiger charge is 2.56. The van der Waals surface area contributed by atoms with Crippen molar-refractivity contribution in [3.8, 4) is 0 Å². The van der Waals surface area contributed by atoms with Gasteiger partial charge in [0.1, 0.15) is 0 Å². The van der Waals surface area contributed by atoms with E-state index in [0.29, 0.717) is 23.0 Å². The second kappa shape index (κ2) is 4.33. The third-order valence-electron chi connectivity index (χ3n) is 7.62. The first-order valence-electron chi connectivity index (χ1n) is 8.87. The van der Waals surface area contributed by atoms with Gasteiger partial charge < -0.3 is 0 Å². The van der Waals surface area contributed by atoms with Gasteiger partial charge >= 0.3 is 0 Å². The van der Waals surface area contributed by atoms with Crippen molar-refractivity contribution in [1.82, 2.24) is 0 Å². The number of allylic oxidation sites excluding steroid dienone is 4. The topological polar surface area (TPSA) is 17.1 Å². The third kappa shape index (κ3) is 1.72. The molecule has 0 heterocycles. The fourth-order valence-electron chi connectivity index (χ4n) is 6.12. The quantitative estimate of drug-likeness (QED) is 0.576. The van der Waals surface area contributed by atoms with E-state index in [1.807, 2.05) is 6.08 Å². The zero-order chi connectivity index (χ0) is 14.8. The number of carbonyl (C=O) groups is 1. The standard InChI is InChI=1S/C20H28O/c1-13-8-10-19(2)14(12-13)4-5-15-16-6-7-18(21)20(16,3)11-9-17(15)19/h4,6-7,13,15-17H,5,8-12H2,1-3H3/t13?,15?,16?,17?,19-,20-/m0/s1. The lowest BCUT2D eigenvalue weighted by Crippen LogP contribution is -2.50. The minimum atomic E-state index is -0.0785. The molecule has 0 aromatic carbocycles. The Balaban J connectivity index is 1.71. The summed E-state index contributed by atoms with van der Waals surface area (Å²) in [4.78, 5) is 12.3. The van der Waals surface area contributed by atoms with Crippen LogP contribution in [-0.2, 0) is 4.79 Å². The van der Waals surface area contributed by atoms with E-state index < -0.39 is 0 Å². The summed E-state index contributed by atoms with van der Waals surface area (Å²) in [5, 5.41) is 0. The van der Waals surface area contributed by atoms with E-state index in [2.05, 4.69) is 32.9 Å². The predicted molar refractivity (Wildman–Crippen MR) is 85.8 cm³/mol. The maximum absolute atomic E-state index is 12.3.